The summed E-state index contributed by atoms with van der Waals surface area (Å²) in [5.41, 5.74) is 0. The van der Waals surface area contributed by atoms with Crippen molar-refractivity contribution in [1.82, 2.24) is 5.32 Å². The number of thioether (sulfide) groups is 1. The summed E-state index contributed by atoms with van der Waals surface area (Å²) in [6.45, 7) is 4.21. The van der Waals surface area contributed by atoms with Crippen molar-refractivity contribution in [2.45, 2.75) is 45.2 Å². The average molecular weight is 219 g/mol. The van der Waals surface area contributed by atoms with Crippen molar-refractivity contribution in [2.75, 3.05) is 12.0 Å². The second-order valence-corrected chi connectivity index (χ2v) is 4.32. The van der Waals surface area contributed by atoms with Crippen LogP contribution in [0.3, 0.4) is 0 Å². The maximum Gasteiger partial charge on any atom is 0.321 e. The zero-order chi connectivity index (χ0) is 11.0. The summed E-state index contributed by atoms with van der Waals surface area (Å²) in [7, 11) is 0. The Morgan fingerprint density at radius 1 is 1.50 bits per heavy atom. The normalized spacial score (nSPS) is 15.1. The number of aliphatic carboxylic acids is 1. The Morgan fingerprint density at radius 2 is 2.14 bits per heavy atom. The smallest absolute Gasteiger partial charge is 0.321 e. The lowest BCUT2D eigenvalue weighted by Gasteiger charge is -2.21. The Morgan fingerprint density at radius 3 is 2.50 bits per heavy atom. The van der Waals surface area contributed by atoms with Crippen LogP contribution in [0.1, 0.15) is 33.1 Å². The van der Waals surface area contributed by atoms with Crippen LogP contribution >= 0.6 is 11.8 Å². The van der Waals surface area contributed by atoms with E-state index in [0.29, 0.717) is 11.8 Å². The van der Waals surface area contributed by atoms with Crippen LogP contribution in [-0.4, -0.2) is 35.2 Å². The molecule has 0 bridgehead atoms. The van der Waals surface area contributed by atoms with Crippen LogP contribution in [0.25, 0.3) is 0 Å². The molecule has 0 radical (unpaired) electrons. The van der Waals surface area contributed by atoms with Crippen LogP contribution in [0.15, 0.2) is 0 Å². The molecule has 0 heterocycles. The molecule has 0 aromatic rings. The van der Waals surface area contributed by atoms with E-state index in [-0.39, 0.29) is 0 Å². The molecule has 0 fully saturated rings. The Labute approximate surface area is 90.7 Å². The zero-order valence-corrected chi connectivity index (χ0v) is 10.1. The highest BCUT2D eigenvalue weighted by Crippen LogP contribution is 2.05. The van der Waals surface area contributed by atoms with Gasteiger partial charge in [0.25, 0.3) is 0 Å². The predicted molar refractivity (Wildman–Crippen MR) is 61.9 cm³/mol. The van der Waals surface area contributed by atoms with Gasteiger partial charge in [-0.2, -0.15) is 11.8 Å². The topological polar surface area (TPSA) is 49.3 Å². The number of nitrogens with one attached hydrogen (secondary N) is 1. The van der Waals surface area contributed by atoms with Gasteiger partial charge in [0, 0.05) is 11.8 Å². The van der Waals surface area contributed by atoms with Crippen LogP contribution in [0.5, 0.6) is 0 Å². The molecule has 0 aliphatic rings. The molecule has 0 spiro atoms. The molecule has 2 atom stereocenters. The lowest BCUT2D eigenvalue weighted by Crippen LogP contribution is -2.44. The highest BCUT2D eigenvalue weighted by Gasteiger charge is 2.19. The van der Waals surface area contributed by atoms with Gasteiger partial charge in [-0.15, -0.1) is 0 Å². The van der Waals surface area contributed by atoms with Crippen LogP contribution < -0.4 is 5.32 Å². The molecule has 0 aliphatic carbocycles. The van der Waals surface area contributed by atoms with E-state index < -0.39 is 12.0 Å². The van der Waals surface area contributed by atoms with E-state index in [9.17, 15) is 4.79 Å². The second-order valence-electron chi connectivity index (χ2n) is 3.41. The Balaban J connectivity index is 4.03. The van der Waals surface area contributed by atoms with E-state index in [1.54, 1.807) is 11.8 Å². The Hall–Kier alpha value is -0.220. The predicted octanol–water partition coefficient (Wildman–Crippen LogP) is 1.97. The molecule has 0 amide bonds. The minimum absolute atomic E-state index is 0.341. The van der Waals surface area contributed by atoms with Crippen LogP contribution in [0, 0.1) is 0 Å². The summed E-state index contributed by atoms with van der Waals surface area (Å²) in [4.78, 5) is 10.9. The van der Waals surface area contributed by atoms with E-state index in [1.165, 1.54) is 0 Å². The van der Waals surface area contributed by atoms with Crippen molar-refractivity contribution in [3.8, 4) is 0 Å². The molecule has 14 heavy (non-hydrogen) atoms. The van der Waals surface area contributed by atoms with Gasteiger partial charge in [-0.05, 0) is 19.1 Å². The number of hydrogen-bond donors (Lipinski definition) is 2. The van der Waals surface area contributed by atoms with Gasteiger partial charge >= 0.3 is 5.97 Å². The molecular formula is C10H21NO2S. The van der Waals surface area contributed by atoms with Gasteiger partial charge in [0.15, 0.2) is 0 Å². The third-order valence-corrected chi connectivity index (χ3v) is 2.86. The fraction of sp³-hybridized carbons (Fsp3) is 0.900. The molecular weight excluding hydrogens is 198 g/mol. The summed E-state index contributed by atoms with van der Waals surface area (Å²) in [5.74, 6) is -0.107. The van der Waals surface area contributed by atoms with Gasteiger partial charge in [-0.3, -0.25) is 4.79 Å². The monoisotopic (exact) mass is 219 g/mol. The first-order chi connectivity index (χ1) is 6.65. The molecule has 0 aromatic carbocycles. The van der Waals surface area contributed by atoms with Crippen LogP contribution in [0.4, 0.5) is 0 Å². The molecule has 2 unspecified atom stereocenters. The third kappa shape index (κ3) is 5.50. The maximum absolute atomic E-state index is 10.9. The van der Waals surface area contributed by atoms with Gasteiger partial charge in [-0.1, -0.05) is 20.3 Å². The van der Waals surface area contributed by atoms with Crippen molar-refractivity contribution >= 4 is 17.7 Å². The lowest BCUT2D eigenvalue weighted by atomic mass is 10.1. The van der Waals surface area contributed by atoms with Gasteiger partial charge in [-0.25, -0.2) is 0 Å². The first-order valence-corrected chi connectivity index (χ1v) is 6.52. The number of hydrogen-bond acceptors (Lipinski definition) is 3. The van der Waals surface area contributed by atoms with Crippen molar-refractivity contribution in [3.63, 3.8) is 0 Å². The molecule has 84 valence electrons. The van der Waals surface area contributed by atoms with E-state index in [1.807, 2.05) is 6.26 Å². The van der Waals surface area contributed by atoms with E-state index >= 15 is 0 Å². The van der Waals surface area contributed by atoms with Crippen molar-refractivity contribution in [1.29, 1.82) is 0 Å². The zero-order valence-electron chi connectivity index (χ0n) is 9.25. The minimum atomic E-state index is -0.742. The first kappa shape index (κ1) is 13.8. The second kappa shape index (κ2) is 8.12. The van der Waals surface area contributed by atoms with Gasteiger partial charge in [0.1, 0.15) is 6.04 Å². The van der Waals surface area contributed by atoms with Gasteiger partial charge in [0.2, 0.25) is 0 Å². The fourth-order valence-electron chi connectivity index (χ4n) is 1.40. The van der Waals surface area contributed by atoms with Gasteiger partial charge < -0.3 is 10.4 Å². The molecule has 0 saturated carbocycles. The largest absolute Gasteiger partial charge is 0.480 e. The van der Waals surface area contributed by atoms with Gasteiger partial charge in [0.05, 0.1) is 0 Å². The summed E-state index contributed by atoms with van der Waals surface area (Å²) in [5, 5.41) is 12.1. The van der Waals surface area contributed by atoms with E-state index in [2.05, 4.69) is 19.2 Å². The molecule has 0 rings (SSSR count). The number of carboxylic acids is 1. The quantitative estimate of drug-likeness (QED) is 0.655. The average Bonchev–Trinajstić information content (AvgIpc) is 2.15. The lowest BCUT2D eigenvalue weighted by molar-refractivity contribution is -0.139. The van der Waals surface area contributed by atoms with Crippen LogP contribution in [0.2, 0.25) is 0 Å². The first-order valence-electron chi connectivity index (χ1n) is 5.13. The highest BCUT2D eigenvalue weighted by molar-refractivity contribution is 7.98. The third-order valence-electron chi connectivity index (χ3n) is 2.20. The molecule has 0 saturated heterocycles. The summed E-state index contributed by atoms with van der Waals surface area (Å²) in [6, 6.07) is -0.0604. The number of carbonyl (C=O) groups is 1. The minimum Gasteiger partial charge on any atom is -0.480 e. The molecule has 0 aliphatic heterocycles. The Kier molecular flexibility index (Phi) is 7.99. The number of carboxylic acid groups (broad SMARTS) is 1. The molecule has 3 nitrogen and oxygen atoms in total. The molecule has 4 heteroatoms. The fourth-order valence-corrected chi connectivity index (χ4v) is 1.97. The summed E-state index contributed by atoms with van der Waals surface area (Å²) in [6.07, 6.45) is 5.07. The molecule has 0 aromatic heterocycles. The molecule has 2 N–H and O–H groups in total. The van der Waals surface area contributed by atoms with E-state index in [0.717, 1.165) is 19.3 Å². The Bertz CT molecular complexity index is 164. The highest BCUT2D eigenvalue weighted by atomic mass is 32.2. The standard InChI is InChI=1S/C10H21NO2S/c1-4-6-8(5-2)11-9(7-14-3)10(12)13/h8-9,11H,4-7H2,1-3H3,(H,12,13). The summed E-state index contributed by atoms with van der Waals surface area (Å²) < 4.78 is 0. The van der Waals surface area contributed by atoms with Crippen molar-refractivity contribution in [2.24, 2.45) is 0 Å². The van der Waals surface area contributed by atoms with Crippen molar-refractivity contribution in [3.05, 3.63) is 0 Å². The SMILES string of the molecule is CCCC(CC)NC(CSC)C(=O)O. The summed E-state index contributed by atoms with van der Waals surface area (Å²) >= 11 is 1.57. The maximum atomic E-state index is 10.9. The van der Waals surface area contributed by atoms with E-state index in [4.69, 9.17) is 5.11 Å². The van der Waals surface area contributed by atoms with Crippen LogP contribution in [-0.2, 0) is 4.79 Å². The number of rotatable bonds is 8. The van der Waals surface area contributed by atoms with Crippen molar-refractivity contribution < 1.29 is 9.90 Å².